The number of piperidine rings is 1. The van der Waals surface area contributed by atoms with Gasteiger partial charge < -0.3 is 14.4 Å². The lowest BCUT2D eigenvalue weighted by Crippen LogP contribution is -2.35. The third-order valence-electron chi connectivity index (χ3n) is 6.49. The van der Waals surface area contributed by atoms with E-state index >= 15 is 0 Å². The Morgan fingerprint density at radius 3 is 2.27 bits per heavy atom. The molecule has 1 aliphatic rings. The summed E-state index contributed by atoms with van der Waals surface area (Å²) in [6.07, 6.45) is -2.89. The van der Waals surface area contributed by atoms with E-state index < -0.39 is 12.0 Å². The summed E-state index contributed by atoms with van der Waals surface area (Å²) in [6, 6.07) is 14.4. The summed E-state index contributed by atoms with van der Waals surface area (Å²) in [5.74, 6) is -0.652. The number of rotatable bonds is 6. The molecule has 0 spiro atoms. The molecule has 4 rings (SSSR count). The van der Waals surface area contributed by atoms with Crippen LogP contribution in [0, 0.1) is 5.92 Å². The number of amides is 1. The standard InChI is InChI=1S/C25H29F3N4O/c1-3-30(4-2)23(33)19-9-11-20(12-10-19)31-15-13-18(14-16-31)17-32-22-8-6-5-7-21(22)29-24(32)25(26,27)28/h5-12,18H,3-4,13-17H2,1-2H3. The van der Waals surface area contributed by atoms with Gasteiger partial charge >= 0.3 is 6.18 Å². The van der Waals surface area contributed by atoms with Crippen molar-refractivity contribution in [3.05, 3.63) is 59.9 Å². The van der Waals surface area contributed by atoms with Crippen LogP contribution in [-0.2, 0) is 12.7 Å². The summed E-state index contributed by atoms with van der Waals surface area (Å²) in [5.41, 5.74) is 2.61. The van der Waals surface area contributed by atoms with Gasteiger partial charge in [0, 0.05) is 44.0 Å². The summed E-state index contributed by atoms with van der Waals surface area (Å²) in [4.78, 5) is 20.4. The Morgan fingerprint density at radius 1 is 1.03 bits per heavy atom. The predicted molar refractivity (Wildman–Crippen MR) is 123 cm³/mol. The number of anilines is 1. The van der Waals surface area contributed by atoms with Crippen molar-refractivity contribution < 1.29 is 18.0 Å². The molecule has 0 N–H and O–H groups in total. The smallest absolute Gasteiger partial charge is 0.372 e. The SMILES string of the molecule is CCN(CC)C(=O)c1ccc(N2CCC(Cn3c(C(F)(F)F)nc4ccccc43)CC2)cc1. The molecule has 1 saturated heterocycles. The third-order valence-corrected chi connectivity index (χ3v) is 6.49. The number of halogens is 3. The Balaban J connectivity index is 1.43. The van der Waals surface area contributed by atoms with Crippen LogP contribution in [0.4, 0.5) is 18.9 Å². The minimum absolute atomic E-state index is 0.0262. The number of hydrogen-bond acceptors (Lipinski definition) is 3. The molecule has 1 aliphatic heterocycles. The first kappa shape index (κ1) is 23.1. The van der Waals surface area contributed by atoms with Gasteiger partial charge in [-0.05, 0) is 69.0 Å². The van der Waals surface area contributed by atoms with Crippen molar-refractivity contribution in [3.8, 4) is 0 Å². The average Bonchev–Trinajstić information content (AvgIpc) is 3.19. The zero-order chi connectivity index (χ0) is 23.6. The number of benzene rings is 2. The van der Waals surface area contributed by atoms with Gasteiger partial charge in [0.2, 0.25) is 5.82 Å². The molecule has 1 fully saturated rings. The minimum atomic E-state index is -4.48. The van der Waals surface area contributed by atoms with Crippen LogP contribution >= 0.6 is 0 Å². The van der Waals surface area contributed by atoms with Gasteiger partial charge in [0.25, 0.3) is 5.91 Å². The van der Waals surface area contributed by atoms with Crippen LogP contribution in [0.2, 0.25) is 0 Å². The van der Waals surface area contributed by atoms with E-state index in [1.54, 1.807) is 29.2 Å². The first-order valence-electron chi connectivity index (χ1n) is 11.5. The van der Waals surface area contributed by atoms with Crippen LogP contribution in [0.5, 0.6) is 0 Å². The summed E-state index contributed by atoms with van der Waals surface area (Å²) < 4.78 is 42.1. The number of alkyl halides is 3. The number of carbonyl (C=O) groups excluding carboxylic acids is 1. The van der Waals surface area contributed by atoms with E-state index in [2.05, 4.69) is 9.88 Å². The maximum Gasteiger partial charge on any atom is 0.449 e. The number of para-hydroxylation sites is 2. The van der Waals surface area contributed by atoms with E-state index in [0.29, 0.717) is 36.2 Å². The summed E-state index contributed by atoms with van der Waals surface area (Å²) >= 11 is 0. The number of imidazole rings is 1. The summed E-state index contributed by atoms with van der Waals surface area (Å²) in [5, 5.41) is 0. The highest BCUT2D eigenvalue weighted by molar-refractivity contribution is 5.94. The monoisotopic (exact) mass is 458 g/mol. The van der Waals surface area contributed by atoms with Crippen molar-refractivity contribution in [2.45, 2.75) is 39.4 Å². The van der Waals surface area contributed by atoms with Crippen molar-refractivity contribution >= 4 is 22.6 Å². The molecule has 0 bridgehead atoms. The number of carbonyl (C=O) groups is 1. The van der Waals surface area contributed by atoms with Crippen LogP contribution in [0.3, 0.4) is 0 Å². The van der Waals surface area contributed by atoms with Gasteiger partial charge in [-0.1, -0.05) is 12.1 Å². The van der Waals surface area contributed by atoms with Gasteiger partial charge in [-0.15, -0.1) is 0 Å². The fourth-order valence-corrected chi connectivity index (χ4v) is 4.62. The van der Waals surface area contributed by atoms with E-state index in [1.165, 1.54) is 4.57 Å². The van der Waals surface area contributed by atoms with Crippen molar-refractivity contribution in [3.63, 3.8) is 0 Å². The summed E-state index contributed by atoms with van der Waals surface area (Å²) in [7, 11) is 0. The fourth-order valence-electron chi connectivity index (χ4n) is 4.62. The van der Waals surface area contributed by atoms with Crippen molar-refractivity contribution in [1.29, 1.82) is 0 Å². The number of hydrogen-bond donors (Lipinski definition) is 0. The Kier molecular flexibility index (Phi) is 6.63. The lowest BCUT2D eigenvalue weighted by Gasteiger charge is -2.34. The first-order chi connectivity index (χ1) is 15.8. The van der Waals surface area contributed by atoms with Gasteiger partial charge in [-0.25, -0.2) is 4.98 Å². The zero-order valence-electron chi connectivity index (χ0n) is 19.0. The number of fused-ring (bicyclic) bond motifs is 1. The molecule has 176 valence electrons. The van der Waals surface area contributed by atoms with E-state index in [0.717, 1.165) is 31.6 Å². The molecule has 1 aromatic heterocycles. The molecular weight excluding hydrogens is 429 g/mol. The Hall–Kier alpha value is -3.03. The Bertz CT molecular complexity index is 1100. The van der Waals surface area contributed by atoms with Crippen LogP contribution in [0.25, 0.3) is 11.0 Å². The highest BCUT2D eigenvalue weighted by atomic mass is 19.4. The molecular formula is C25H29F3N4O. The van der Waals surface area contributed by atoms with Crippen LogP contribution in [0.15, 0.2) is 48.5 Å². The average molecular weight is 459 g/mol. The van der Waals surface area contributed by atoms with E-state index in [4.69, 9.17) is 0 Å². The van der Waals surface area contributed by atoms with Crippen LogP contribution < -0.4 is 4.90 Å². The first-order valence-corrected chi connectivity index (χ1v) is 11.5. The zero-order valence-corrected chi connectivity index (χ0v) is 19.0. The fraction of sp³-hybridized carbons (Fsp3) is 0.440. The molecule has 3 aromatic rings. The molecule has 8 heteroatoms. The van der Waals surface area contributed by atoms with Crippen molar-refractivity contribution in [2.75, 3.05) is 31.1 Å². The van der Waals surface area contributed by atoms with E-state index in [-0.39, 0.29) is 11.8 Å². The minimum Gasteiger partial charge on any atom is -0.372 e. The second-order valence-electron chi connectivity index (χ2n) is 8.49. The molecule has 0 aliphatic carbocycles. The maximum atomic E-state index is 13.6. The van der Waals surface area contributed by atoms with Crippen LogP contribution in [0.1, 0.15) is 42.9 Å². The molecule has 0 radical (unpaired) electrons. The number of nitrogens with zero attached hydrogens (tertiary/aromatic N) is 4. The number of aromatic nitrogens is 2. The van der Waals surface area contributed by atoms with Crippen LogP contribution in [-0.4, -0.2) is 46.5 Å². The highest BCUT2D eigenvalue weighted by Gasteiger charge is 2.38. The molecule has 1 amide bonds. The molecule has 0 atom stereocenters. The predicted octanol–water partition coefficient (Wildman–Crippen LogP) is 5.45. The van der Waals surface area contributed by atoms with Gasteiger partial charge in [-0.2, -0.15) is 13.2 Å². The van der Waals surface area contributed by atoms with Gasteiger partial charge in [-0.3, -0.25) is 4.79 Å². The summed E-state index contributed by atoms with van der Waals surface area (Å²) in [6.45, 7) is 7.11. The third kappa shape index (κ3) is 4.84. The quantitative estimate of drug-likeness (QED) is 0.493. The van der Waals surface area contributed by atoms with Gasteiger partial charge in [0.05, 0.1) is 11.0 Å². The highest BCUT2D eigenvalue weighted by Crippen LogP contribution is 2.33. The van der Waals surface area contributed by atoms with E-state index in [9.17, 15) is 18.0 Å². The molecule has 2 heterocycles. The molecule has 5 nitrogen and oxygen atoms in total. The second-order valence-corrected chi connectivity index (χ2v) is 8.49. The maximum absolute atomic E-state index is 13.6. The molecule has 0 saturated carbocycles. The largest absolute Gasteiger partial charge is 0.449 e. The molecule has 2 aromatic carbocycles. The lowest BCUT2D eigenvalue weighted by molar-refractivity contribution is -0.147. The van der Waals surface area contributed by atoms with Gasteiger partial charge in [0.15, 0.2) is 0 Å². The lowest BCUT2D eigenvalue weighted by atomic mass is 9.96. The normalized spacial score (nSPS) is 15.2. The molecule has 0 unspecified atom stereocenters. The van der Waals surface area contributed by atoms with E-state index in [1.807, 2.05) is 38.1 Å². The topological polar surface area (TPSA) is 41.4 Å². The molecule has 33 heavy (non-hydrogen) atoms. The Labute approximate surface area is 191 Å². The Morgan fingerprint density at radius 2 is 1.67 bits per heavy atom. The van der Waals surface area contributed by atoms with Crippen molar-refractivity contribution in [2.24, 2.45) is 5.92 Å². The van der Waals surface area contributed by atoms with Gasteiger partial charge in [0.1, 0.15) is 0 Å². The van der Waals surface area contributed by atoms with Crippen molar-refractivity contribution in [1.82, 2.24) is 14.5 Å². The second kappa shape index (κ2) is 9.45.